The Morgan fingerprint density at radius 2 is 2.50 bits per heavy atom. The Balaban J connectivity index is 0.000000250. The molecule has 3 heteroatoms. The normalized spacial score (nSPS) is 6.67. The van der Waals surface area contributed by atoms with Crippen molar-refractivity contribution in [3.63, 3.8) is 0 Å². The Kier molecular flexibility index (Phi) is 3.09. The molecule has 6 heavy (non-hydrogen) atoms. The molecule has 1 heterocycles. The molecule has 0 fully saturated rings. The van der Waals surface area contributed by atoms with Gasteiger partial charge in [-0.1, -0.05) is 0 Å². The van der Waals surface area contributed by atoms with Gasteiger partial charge >= 0.3 is 0 Å². The number of hydrogen-bond acceptors (Lipinski definition) is 1. The van der Waals surface area contributed by atoms with Crippen molar-refractivity contribution in [1.29, 1.82) is 0 Å². The third-order valence-corrected chi connectivity index (χ3v) is 0.362. The Hall–Kier alpha value is -0.0757. The van der Waals surface area contributed by atoms with Gasteiger partial charge in [-0.2, -0.15) is 0 Å². The first kappa shape index (κ1) is 5.92. The van der Waals surface area contributed by atoms with Crippen molar-refractivity contribution in [1.82, 2.24) is 9.97 Å². The van der Waals surface area contributed by atoms with Crippen molar-refractivity contribution < 1.29 is 21.7 Å². The molecule has 0 atom stereocenters. The summed E-state index contributed by atoms with van der Waals surface area (Å²) in [5.74, 6) is 0. The van der Waals surface area contributed by atoms with Gasteiger partial charge in [-0.25, -0.2) is 0 Å². The molecule has 30 valence electrons. The zero-order chi connectivity index (χ0) is 3.54. The summed E-state index contributed by atoms with van der Waals surface area (Å²) in [6.07, 6.45) is 5.83. The molecular weight excluding hydrogens is 112 g/mol. The van der Waals surface area contributed by atoms with Crippen LogP contribution in [0.25, 0.3) is 0 Å². The maximum absolute atomic E-state index is 3.54. The minimum atomic E-state index is 0. The summed E-state index contributed by atoms with van der Waals surface area (Å²) in [7, 11) is 0. The number of rotatable bonds is 0. The van der Waals surface area contributed by atoms with E-state index in [4.69, 9.17) is 0 Å². The van der Waals surface area contributed by atoms with E-state index in [0.29, 0.717) is 0 Å². The number of imidazole rings is 1. The zero-order valence-corrected chi connectivity index (χ0v) is 4.66. The summed E-state index contributed by atoms with van der Waals surface area (Å²) in [5, 5.41) is 0. The van der Waals surface area contributed by atoms with Crippen LogP contribution in [-0.2, 0) is 21.7 Å². The molecule has 0 saturated heterocycles. The van der Waals surface area contributed by atoms with Gasteiger partial charge in [-0.15, -0.1) is 12.4 Å². The largest absolute Gasteiger partial charge is 0.467 e. The van der Waals surface area contributed by atoms with Crippen molar-refractivity contribution in [2.45, 2.75) is 0 Å². The van der Waals surface area contributed by atoms with E-state index < -0.39 is 0 Å². The third kappa shape index (κ3) is 1.38. The summed E-state index contributed by atoms with van der Waals surface area (Å²) in [4.78, 5) is 6.17. The standard InChI is InChI=1S/C3H3N2.Ti/c1-2-5-3-4-1;/h1-2H,(H,4,5);/q-1;. The molecule has 1 rings (SSSR count). The molecule has 1 aromatic rings. The van der Waals surface area contributed by atoms with Crippen LogP contribution >= 0.6 is 0 Å². The van der Waals surface area contributed by atoms with E-state index in [1.807, 2.05) is 0 Å². The number of aromatic amines is 1. The first-order chi connectivity index (χ1) is 2.50. The molecule has 0 unspecified atom stereocenters. The van der Waals surface area contributed by atoms with Gasteiger partial charge in [0.2, 0.25) is 0 Å². The molecule has 0 aliphatic heterocycles. The minimum absolute atomic E-state index is 0. The molecular formula is C3H3N2Ti-. The quantitative estimate of drug-likeness (QED) is 0.380. The Labute approximate surface area is 50.9 Å². The van der Waals surface area contributed by atoms with Crippen LogP contribution in [0.4, 0.5) is 0 Å². The summed E-state index contributed by atoms with van der Waals surface area (Å²) < 4.78 is 0. The van der Waals surface area contributed by atoms with Gasteiger partial charge in [0.05, 0.1) is 0 Å². The summed E-state index contributed by atoms with van der Waals surface area (Å²) in [6.45, 7) is 0. The fourth-order valence-corrected chi connectivity index (χ4v) is 0.186. The van der Waals surface area contributed by atoms with E-state index in [9.17, 15) is 0 Å². The van der Waals surface area contributed by atoms with Crippen molar-refractivity contribution in [3.05, 3.63) is 18.7 Å². The summed E-state index contributed by atoms with van der Waals surface area (Å²) >= 11 is 0. The monoisotopic (exact) mass is 115 g/mol. The number of H-pyrrole nitrogens is 1. The van der Waals surface area contributed by atoms with E-state index in [1.165, 1.54) is 0 Å². The Bertz CT molecular complexity index is 65.3. The van der Waals surface area contributed by atoms with Crippen LogP contribution in [0.1, 0.15) is 0 Å². The van der Waals surface area contributed by atoms with Gasteiger partial charge in [0, 0.05) is 21.7 Å². The molecule has 0 bridgehead atoms. The molecule has 0 aliphatic carbocycles. The summed E-state index contributed by atoms with van der Waals surface area (Å²) in [5.41, 5.74) is 0. The first-order valence-corrected chi connectivity index (χ1v) is 1.35. The molecule has 2 nitrogen and oxygen atoms in total. The summed E-state index contributed by atoms with van der Waals surface area (Å²) in [6, 6.07) is 0. The van der Waals surface area contributed by atoms with E-state index in [1.54, 1.807) is 12.4 Å². The van der Waals surface area contributed by atoms with Gasteiger partial charge < -0.3 is 9.97 Å². The van der Waals surface area contributed by atoms with Crippen LogP contribution in [0, 0.1) is 6.33 Å². The van der Waals surface area contributed by atoms with Crippen molar-refractivity contribution >= 4 is 0 Å². The van der Waals surface area contributed by atoms with E-state index in [2.05, 4.69) is 16.3 Å². The van der Waals surface area contributed by atoms with Gasteiger partial charge in [0.1, 0.15) is 0 Å². The second-order valence-electron chi connectivity index (χ2n) is 0.701. The predicted octanol–water partition coefficient (Wildman–Crippen LogP) is 0.207. The number of nitrogens with zero attached hydrogens (tertiary/aromatic N) is 1. The first-order valence-electron chi connectivity index (χ1n) is 1.35. The van der Waals surface area contributed by atoms with Crippen LogP contribution < -0.4 is 0 Å². The van der Waals surface area contributed by atoms with E-state index in [-0.39, 0.29) is 21.7 Å². The molecule has 0 radical (unpaired) electrons. The van der Waals surface area contributed by atoms with E-state index >= 15 is 0 Å². The van der Waals surface area contributed by atoms with Gasteiger partial charge in [0.15, 0.2) is 0 Å². The SMILES string of the molecule is [Ti].[c-]1ncc[nH]1. The minimum Gasteiger partial charge on any atom is -0.467 e. The van der Waals surface area contributed by atoms with Crippen molar-refractivity contribution in [3.8, 4) is 0 Å². The molecule has 0 aromatic carbocycles. The smallest absolute Gasteiger partial charge is 0 e. The van der Waals surface area contributed by atoms with Gasteiger partial charge in [-0.3, -0.25) is 0 Å². The van der Waals surface area contributed by atoms with Crippen LogP contribution in [0.3, 0.4) is 0 Å². The topological polar surface area (TPSA) is 28.7 Å². The zero-order valence-electron chi connectivity index (χ0n) is 3.10. The second-order valence-corrected chi connectivity index (χ2v) is 0.701. The average Bonchev–Trinajstić information content (AvgIpc) is 1.76. The Morgan fingerprint density at radius 3 is 2.67 bits per heavy atom. The fourth-order valence-electron chi connectivity index (χ4n) is 0.186. The van der Waals surface area contributed by atoms with Crippen molar-refractivity contribution in [2.24, 2.45) is 0 Å². The second kappa shape index (κ2) is 3.13. The maximum Gasteiger partial charge on any atom is 0 e. The number of hydrogen-bond donors (Lipinski definition) is 1. The van der Waals surface area contributed by atoms with Gasteiger partial charge in [-0.05, 0) is 6.33 Å². The molecule has 1 N–H and O–H groups in total. The average molecular weight is 115 g/mol. The fraction of sp³-hybridized carbons (Fsp3) is 0. The van der Waals surface area contributed by atoms with Crippen LogP contribution in [0.5, 0.6) is 0 Å². The van der Waals surface area contributed by atoms with Gasteiger partial charge in [0.25, 0.3) is 0 Å². The third-order valence-electron chi connectivity index (χ3n) is 0.362. The Morgan fingerprint density at radius 1 is 1.67 bits per heavy atom. The maximum atomic E-state index is 3.54. The molecule has 0 amide bonds. The van der Waals surface area contributed by atoms with Crippen LogP contribution in [0.15, 0.2) is 12.4 Å². The molecule has 0 spiro atoms. The molecule has 0 aliphatic rings. The number of nitrogens with one attached hydrogen (secondary N) is 1. The van der Waals surface area contributed by atoms with Crippen LogP contribution in [-0.4, -0.2) is 9.97 Å². The predicted molar refractivity (Wildman–Crippen MR) is 17.4 cm³/mol. The van der Waals surface area contributed by atoms with Crippen LogP contribution in [0.2, 0.25) is 0 Å². The van der Waals surface area contributed by atoms with Crippen molar-refractivity contribution in [2.75, 3.05) is 0 Å². The number of aromatic nitrogens is 2. The molecule has 1 aromatic heterocycles. The van der Waals surface area contributed by atoms with E-state index in [0.717, 1.165) is 0 Å². The molecule has 0 saturated carbocycles.